The molecule has 7 atom stereocenters. The molecule has 5 aliphatic rings. The number of aromatic amines is 2. The van der Waals surface area contributed by atoms with Crippen LogP contribution < -0.4 is 11.5 Å². The van der Waals surface area contributed by atoms with Crippen molar-refractivity contribution in [3.05, 3.63) is 107 Å². The summed E-state index contributed by atoms with van der Waals surface area (Å²) in [4.78, 5) is 35.0. The highest BCUT2D eigenvalue weighted by Gasteiger charge is 2.48. The lowest BCUT2D eigenvalue weighted by atomic mass is 9.86. The highest BCUT2D eigenvalue weighted by atomic mass is 16.2. The molecule has 1 saturated carbocycles. The molecule has 3 aromatic rings. The zero-order valence-corrected chi connectivity index (χ0v) is 30.2. The third-order valence-electron chi connectivity index (χ3n) is 12.5. The van der Waals surface area contributed by atoms with Gasteiger partial charge in [0.15, 0.2) is 0 Å². The lowest BCUT2D eigenvalue weighted by Crippen LogP contribution is -2.51. The van der Waals surface area contributed by atoms with Crippen LogP contribution in [0, 0.1) is 5.92 Å². The van der Waals surface area contributed by atoms with Gasteiger partial charge in [-0.05, 0) is 111 Å². The van der Waals surface area contributed by atoms with Crippen LogP contribution in [-0.2, 0) is 4.79 Å². The zero-order chi connectivity index (χ0) is 35.1. The number of nitrogens with zero attached hydrogens (tertiary/aromatic N) is 4. The molecule has 0 radical (unpaired) electrons. The molecule has 1 amide bonds. The Labute approximate surface area is 302 Å². The summed E-state index contributed by atoms with van der Waals surface area (Å²) >= 11 is 0. The van der Waals surface area contributed by atoms with Crippen LogP contribution >= 0.6 is 0 Å². The van der Waals surface area contributed by atoms with Crippen LogP contribution in [0.1, 0.15) is 131 Å². The lowest BCUT2D eigenvalue weighted by Gasteiger charge is -2.41. The van der Waals surface area contributed by atoms with Gasteiger partial charge in [-0.2, -0.15) is 0 Å². The molecule has 0 spiro atoms. The Balaban J connectivity index is 0.935. The number of amides is 1. The lowest BCUT2D eigenvalue weighted by molar-refractivity contribution is -0.139. The van der Waals surface area contributed by atoms with E-state index in [1.165, 1.54) is 47.1 Å². The third kappa shape index (κ3) is 6.72. The number of imidazole rings is 2. The average Bonchev–Trinajstić information content (AvgIpc) is 4.00. The molecular formula is C42H54N8O. The molecule has 2 aromatic heterocycles. The van der Waals surface area contributed by atoms with Gasteiger partial charge in [0.1, 0.15) is 11.6 Å². The second-order valence-corrected chi connectivity index (χ2v) is 15.6. The first-order valence-corrected chi connectivity index (χ1v) is 19.4. The van der Waals surface area contributed by atoms with E-state index in [0.29, 0.717) is 24.4 Å². The zero-order valence-electron chi connectivity index (χ0n) is 30.2. The number of hydrogen-bond donors (Lipinski definition) is 4. The fourth-order valence-corrected chi connectivity index (χ4v) is 9.53. The molecule has 9 nitrogen and oxygen atoms in total. The van der Waals surface area contributed by atoms with E-state index in [4.69, 9.17) is 21.4 Å². The van der Waals surface area contributed by atoms with Crippen molar-refractivity contribution in [2.75, 3.05) is 6.54 Å². The number of rotatable bonds is 10. The number of carbonyl (C=O) groups is 1. The monoisotopic (exact) mass is 686 g/mol. The van der Waals surface area contributed by atoms with E-state index < -0.39 is 6.04 Å². The van der Waals surface area contributed by atoms with Crippen LogP contribution in [0.2, 0.25) is 0 Å². The minimum absolute atomic E-state index is 0.00249. The Morgan fingerprint density at radius 3 is 2.12 bits per heavy atom. The van der Waals surface area contributed by atoms with Crippen molar-refractivity contribution < 1.29 is 4.79 Å². The third-order valence-corrected chi connectivity index (χ3v) is 12.5. The molecule has 6 N–H and O–H groups in total. The number of nitrogens with one attached hydrogen (secondary N) is 2. The Hall–Kier alpha value is -4.05. The number of aromatic nitrogens is 4. The topological polar surface area (TPSA) is 133 Å². The van der Waals surface area contributed by atoms with E-state index in [1.54, 1.807) is 0 Å². The van der Waals surface area contributed by atoms with Gasteiger partial charge in [-0.1, -0.05) is 61.6 Å². The van der Waals surface area contributed by atoms with Gasteiger partial charge in [0.05, 0.1) is 41.9 Å². The molecule has 9 heteroatoms. The van der Waals surface area contributed by atoms with Crippen molar-refractivity contribution >= 4 is 17.1 Å². The molecule has 4 heterocycles. The number of piperidine rings is 2. The normalized spacial score (nSPS) is 27.8. The number of likely N-dealkylation sites (tertiary alicyclic amines) is 2. The van der Waals surface area contributed by atoms with Gasteiger partial charge in [-0.3, -0.25) is 9.69 Å². The number of fused-ring (bicyclic) bond motifs is 2. The van der Waals surface area contributed by atoms with E-state index >= 15 is 0 Å². The van der Waals surface area contributed by atoms with E-state index in [1.807, 2.05) is 18.0 Å². The van der Waals surface area contributed by atoms with Crippen molar-refractivity contribution in [1.82, 2.24) is 29.7 Å². The van der Waals surface area contributed by atoms with Crippen molar-refractivity contribution in [2.45, 2.75) is 121 Å². The maximum Gasteiger partial charge on any atom is 0.240 e. The van der Waals surface area contributed by atoms with Crippen LogP contribution in [0.4, 0.5) is 0 Å². The average molecular weight is 687 g/mol. The second kappa shape index (κ2) is 14.5. The Morgan fingerprint density at radius 2 is 1.47 bits per heavy atom. The molecule has 2 bridgehead atoms. The maximum absolute atomic E-state index is 13.2. The number of hydrogen-bond acceptors (Lipinski definition) is 6. The summed E-state index contributed by atoms with van der Waals surface area (Å²) in [5.74, 6) is 2.66. The van der Waals surface area contributed by atoms with Gasteiger partial charge in [0.25, 0.3) is 0 Å². The van der Waals surface area contributed by atoms with Gasteiger partial charge in [0.2, 0.25) is 5.91 Å². The molecule has 7 unspecified atom stereocenters. The first-order valence-electron chi connectivity index (χ1n) is 19.4. The van der Waals surface area contributed by atoms with Gasteiger partial charge in [-0.15, -0.1) is 0 Å². The van der Waals surface area contributed by atoms with Crippen molar-refractivity contribution in [3.63, 3.8) is 0 Å². The summed E-state index contributed by atoms with van der Waals surface area (Å²) in [6.45, 7) is 4.97. The van der Waals surface area contributed by atoms with Crippen LogP contribution in [0.15, 0.2) is 78.2 Å². The first kappa shape index (κ1) is 34.1. The summed E-state index contributed by atoms with van der Waals surface area (Å²) in [7, 11) is 0. The molecule has 2 aliphatic heterocycles. The smallest absolute Gasteiger partial charge is 0.240 e. The number of H-pyrrole nitrogens is 2. The predicted molar refractivity (Wildman–Crippen MR) is 203 cm³/mol. The highest BCUT2D eigenvalue weighted by Crippen LogP contribution is 2.50. The van der Waals surface area contributed by atoms with Crippen LogP contribution in [0.25, 0.3) is 11.1 Å². The molecule has 2 saturated heterocycles. The summed E-state index contributed by atoms with van der Waals surface area (Å²) in [5, 5.41) is 0. The van der Waals surface area contributed by atoms with Gasteiger partial charge >= 0.3 is 0 Å². The van der Waals surface area contributed by atoms with E-state index in [-0.39, 0.29) is 24.0 Å². The molecule has 3 fully saturated rings. The van der Waals surface area contributed by atoms with E-state index in [9.17, 15) is 4.79 Å². The van der Waals surface area contributed by atoms with Crippen molar-refractivity contribution in [1.29, 1.82) is 0 Å². The maximum atomic E-state index is 13.2. The van der Waals surface area contributed by atoms with Crippen LogP contribution in [0.3, 0.4) is 0 Å². The molecule has 51 heavy (non-hydrogen) atoms. The van der Waals surface area contributed by atoms with E-state index in [0.717, 1.165) is 74.5 Å². The van der Waals surface area contributed by atoms with Crippen LogP contribution in [0.5, 0.6) is 0 Å². The Kier molecular flexibility index (Phi) is 9.70. The van der Waals surface area contributed by atoms with Crippen LogP contribution in [-0.4, -0.2) is 60.3 Å². The summed E-state index contributed by atoms with van der Waals surface area (Å²) in [6.07, 6.45) is 24.6. The quantitative estimate of drug-likeness (QED) is 0.175. The number of allylic oxidation sites excluding steroid dienone is 8. The Bertz CT molecular complexity index is 1850. The summed E-state index contributed by atoms with van der Waals surface area (Å²) < 4.78 is 0. The standard InChI is InChI=1S/C42H54N8O/c1-3-34(43)42(51)50-26(2)8-7-11-38(50)40-45-23-36(47-40)30-16-12-27(13-17-30)28-14-18-31(19-15-28)37-24-46-41(48-37)39-32-20-21-33(22-32)49(39)25-35(44)29-9-5-4-6-10-29/h4-6,9-10,12,14,16,18,23-24,26,32-35,38-39H,3,7-8,11,13,15,17,19-22,25,43-44H2,1-2H3,(H,45,47)(H,46,48). The Morgan fingerprint density at radius 1 is 0.843 bits per heavy atom. The molecule has 3 aliphatic carbocycles. The number of benzene rings is 1. The summed E-state index contributed by atoms with van der Waals surface area (Å²) in [5.41, 5.74) is 21.8. The van der Waals surface area contributed by atoms with Gasteiger partial charge in [0, 0.05) is 24.7 Å². The molecule has 1 aromatic carbocycles. The van der Waals surface area contributed by atoms with Crippen molar-refractivity contribution in [2.24, 2.45) is 17.4 Å². The number of carbonyl (C=O) groups excluding carboxylic acids is 1. The minimum atomic E-state index is -0.461. The predicted octanol–water partition coefficient (Wildman–Crippen LogP) is 7.45. The summed E-state index contributed by atoms with van der Waals surface area (Å²) in [6, 6.07) is 11.1. The van der Waals surface area contributed by atoms with Gasteiger partial charge in [-0.25, -0.2) is 9.97 Å². The molecule has 8 rings (SSSR count). The van der Waals surface area contributed by atoms with E-state index in [2.05, 4.69) is 82.6 Å². The second-order valence-electron chi connectivity index (χ2n) is 15.6. The largest absolute Gasteiger partial charge is 0.341 e. The fourth-order valence-electron chi connectivity index (χ4n) is 9.53. The number of nitrogens with two attached hydrogens (primary N) is 2. The van der Waals surface area contributed by atoms with Gasteiger partial charge < -0.3 is 26.3 Å². The minimum Gasteiger partial charge on any atom is -0.341 e. The first-order chi connectivity index (χ1) is 24.9. The molecule has 268 valence electrons. The highest BCUT2D eigenvalue weighted by molar-refractivity contribution is 5.82. The van der Waals surface area contributed by atoms with Crippen molar-refractivity contribution in [3.8, 4) is 0 Å². The SMILES string of the molecule is CCC(N)C(=O)N1C(C)CCCC1c1ncc(C2=CC=C(C3=CC=C(c4cnc(C5C6CCC(C6)N5CC(N)c5ccccc5)[nH]4)CC3)CC2)[nH]1. The molecular weight excluding hydrogens is 633 g/mol. The fraction of sp³-hybridized carbons (Fsp3) is 0.500.